The van der Waals surface area contributed by atoms with Gasteiger partial charge < -0.3 is 19.5 Å². The molecular formula is C17H30N4O3. The van der Waals surface area contributed by atoms with Crippen LogP contribution in [-0.4, -0.2) is 47.8 Å². The van der Waals surface area contributed by atoms with Crippen LogP contribution in [0.25, 0.3) is 0 Å². The number of likely N-dealkylation sites (tertiary alicyclic amines) is 1. The molecule has 1 aliphatic rings. The first-order chi connectivity index (χ1) is 11.3. The lowest BCUT2D eigenvalue weighted by molar-refractivity contribution is 0.00973. The molecule has 7 nitrogen and oxygen atoms in total. The van der Waals surface area contributed by atoms with Crippen molar-refractivity contribution in [2.45, 2.75) is 52.6 Å². The lowest BCUT2D eigenvalue weighted by atomic mass is 9.95. The number of nitrogens with one attached hydrogen (secondary N) is 1. The molecule has 0 radical (unpaired) electrons. The highest BCUT2D eigenvalue weighted by Crippen LogP contribution is 2.24. The van der Waals surface area contributed by atoms with Gasteiger partial charge in [0, 0.05) is 33.2 Å². The second kappa shape index (κ2) is 7.96. The molecule has 1 atom stereocenters. The topological polar surface area (TPSA) is 80.5 Å². The van der Waals surface area contributed by atoms with Crippen molar-refractivity contribution in [3.05, 3.63) is 11.7 Å². The predicted octanol–water partition coefficient (Wildman–Crippen LogP) is 2.57. The third-order valence-electron chi connectivity index (χ3n) is 4.45. The van der Waals surface area contributed by atoms with Crippen molar-refractivity contribution in [3.63, 3.8) is 0 Å². The Bertz CT molecular complexity index is 542. The standard InChI is InChI=1S/C17H30N4O3/c1-12(2)10-18-16(22)21-8-6-7-13(11-21)9-14-19-15(20-24-14)17(3,4)23-5/h12-13H,6-11H2,1-5H3,(H,18,22)/t13-/m1/s1. The number of piperidine rings is 1. The minimum Gasteiger partial charge on any atom is -0.371 e. The molecule has 7 heteroatoms. The van der Waals surface area contributed by atoms with Gasteiger partial charge in [-0.15, -0.1) is 0 Å². The number of carbonyl (C=O) groups excluding carboxylic acids is 1. The summed E-state index contributed by atoms with van der Waals surface area (Å²) in [5, 5.41) is 7.01. The SMILES string of the molecule is COC(C)(C)c1noc(C[C@H]2CCCN(C(=O)NCC(C)C)C2)n1. The Morgan fingerprint density at radius 3 is 2.92 bits per heavy atom. The molecule has 24 heavy (non-hydrogen) atoms. The number of amides is 2. The van der Waals surface area contributed by atoms with Crippen molar-refractivity contribution < 1.29 is 14.1 Å². The molecule has 0 aromatic carbocycles. The molecule has 1 aromatic heterocycles. The van der Waals surface area contributed by atoms with Crippen LogP contribution in [0.1, 0.15) is 52.3 Å². The molecule has 1 fully saturated rings. The van der Waals surface area contributed by atoms with Gasteiger partial charge in [-0.1, -0.05) is 19.0 Å². The summed E-state index contributed by atoms with van der Waals surface area (Å²) in [6.07, 6.45) is 2.77. The van der Waals surface area contributed by atoms with E-state index in [0.29, 0.717) is 36.5 Å². The number of ether oxygens (including phenoxy) is 1. The van der Waals surface area contributed by atoms with Crippen molar-refractivity contribution in [1.29, 1.82) is 0 Å². The molecule has 0 bridgehead atoms. The zero-order valence-corrected chi connectivity index (χ0v) is 15.5. The summed E-state index contributed by atoms with van der Waals surface area (Å²) >= 11 is 0. The summed E-state index contributed by atoms with van der Waals surface area (Å²) in [7, 11) is 1.63. The Hall–Kier alpha value is -1.63. The van der Waals surface area contributed by atoms with E-state index in [-0.39, 0.29) is 6.03 Å². The lowest BCUT2D eigenvalue weighted by Gasteiger charge is -2.32. The van der Waals surface area contributed by atoms with E-state index in [0.717, 1.165) is 25.9 Å². The largest absolute Gasteiger partial charge is 0.371 e. The maximum atomic E-state index is 12.2. The third kappa shape index (κ3) is 4.93. The number of aromatic nitrogens is 2. The number of hydrogen-bond donors (Lipinski definition) is 1. The van der Waals surface area contributed by atoms with Gasteiger partial charge in [0.05, 0.1) is 0 Å². The molecule has 1 aliphatic heterocycles. The van der Waals surface area contributed by atoms with Gasteiger partial charge >= 0.3 is 6.03 Å². The van der Waals surface area contributed by atoms with Crippen LogP contribution in [0.15, 0.2) is 4.52 Å². The first-order valence-corrected chi connectivity index (χ1v) is 8.72. The highest BCUT2D eigenvalue weighted by atomic mass is 16.5. The Morgan fingerprint density at radius 1 is 1.50 bits per heavy atom. The van der Waals surface area contributed by atoms with Gasteiger partial charge in [0.1, 0.15) is 5.60 Å². The summed E-state index contributed by atoms with van der Waals surface area (Å²) < 4.78 is 10.7. The molecule has 2 heterocycles. The Morgan fingerprint density at radius 2 is 2.25 bits per heavy atom. The van der Waals surface area contributed by atoms with Crippen LogP contribution in [0, 0.1) is 11.8 Å². The minimum atomic E-state index is -0.558. The van der Waals surface area contributed by atoms with E-state index in [1.54, 1.807) is 7.11 Å². The number of rotatable bonds is 6. The van der Waals surface area contributed by atoms with Crippen molar-refractivity contribution in [2.24, 2.45) is 11.8 Å². The maximum Gasteiger partial charge on any atom is 0.317 e. The monoisotopic (exact) mass is 338 g/mol. The summed E-state index contributed by atoms with van der Waals surface area (Å²) in [5.74, 6) is 1.98. The summed E-state index contributed by atoms with van der Waals surface area (Å²) in [6, 6.07) is 0.0279. The van der Waals surface area contributed by atoms with E-state index in [1.807, 2.05) is 18.7 Å². The van der Waals surface area contributed by atoms with Gasteiger partial charge in [-0.05, 0) is 38.5 Å². The maximum absolute atomic E-state index is 12.2. The van der Waals surface area contributed by atoms with E-state index >= 15 is 0 Å². The van der Waals surface area contributed by atoms with E-state index in [4.69, 9.17) is 9.26 Å². The van der Waals surface area contributed by atoms with Crippen LogP contribution in [0.2, 0.25) is 0 Å². The van der Waals surface area contributed by atoms with Gasteiger partial charge in [0.2, 0.25) is 11.7 Å². The van der Waals surface area contributed by atoms with Crippen LogP contribution < -0.4 is 5.32 Å². The first-order valence-electron chi connectivity index (χ1n) is 8.72. The van der Waals surface area contributed by atoms with Gasteiger partial charge in [-0.3, -0.25) is 0 Å². The lowest BCUT2D eigenvalue weighted by Crippen LogP contribution is -2.46. The number of nitrogens with zero attached hydrogens (tertiary/aromatic N) is 3. The van der Waals surface area contributed by atoms with Crippen molar-refractivity contribution >= 4 is 6.03 Å². The molecule has 136 valence electrons. The predicted molar refractivity (Wildman–Crippen MR) is 90.6 cm³/mol. The van der Waals surface area contributed by atoms with E-state index in [9.17, 15) is 4.79 Å². The molecule has 1 saturated heterocycles. The van der Waals surface area contributed by atoms with Gasteiger partial charge in [0.25, 0.3) is 0 Å². The summed E-state index contributed by atoms with van der Waals surface area (Å²) in [4.78, 5) is 18.6. The van der Waals surface area contributed by atoms with Gasteiger partial charge in [-0.25, -0.2) is 4.79 Å². The number of hydrogen-bond acceptors (Lipinski definition) is 5. The second-order valence-corrected chi connectivity index (χ2v) is 7.46. The van der Waals surface area contributed by atoms with Crippen molar-refractivity contribution in [1.82, 2.24) is 20.4 Å². The highest BCUT2D eigenvalue weighted by molar-refractivity contribution is 5.74. The normalized spacial score (nSPS) is 18.9. The van der Waals surface area contributed by atoms with Gasteiger partial charge in [-0.2, -0.15) is 4.98 Å². The smallest absolute Gasteiger partial charge is 0.317 e. The zero-order chi connectivity index (χ0) is 17.7. The Labute approximate surface area is 144 Å². The average molecular weight is 338 g/mol. The third-order valence-corrected chi connectivity index (χ3v) is 4.45. The molecule has 0 unspecified atom stereocenters. The molecule has 2 amide bonds. The minimum absolute atomic E-state index is 0.0279. The van der Waals surface area contributed by atoms with E-state index in [1.165, 1.54) is 0 Å². The van der Waals surface area contributed by atoms with E-state index < -0.39 is 5.60 Å². The first kappa shape index (κ1) is 18.7. The molecular weight excluding hydrogens is 308 g/mol. The van der Waals surface area contributed by atoms with Crippen molar-refractivity contribution in [2.75, 3.05) is 26.7 Å². The molecule has 1 aromatic rings. The Kier molecular flexibility index (Phi) is 6.21. The highest BCUT2D eigenvalue weighted by Gasteiger charge is 2.29. The molecule has 2 rings (SSSR count). The summed E-state index contributed by atoms with van der Waals surface area (Å²) in [6.45, 7) is 10.2. The van der Waals surface area contributed by atoms with Crippen LogP contribution in [-0.2, 0) is 16.8 Å². The molecule has 0 saturated carbocycles. The zero-order valence-electron chi connectivity index (χ0n) is 15.5. The number of carbonyl (C=O) groups is 1. The second-order valence-electron chi connectivity index (χ2n) is 7.46. The fourth-order valence-corrected chi connectivity index (χ4v) is 2.74. The van der Waals surface area contributed by atoms with E-state index in [2.05, 4.69) is 29.3 Å². The van der Waals surface area contributed by atoms with Crippen LogP contribution in [0.5, 0.6) is 0 Å². The summed E-state index contributed by atoms with van der Waals surface area (Å²) in [5.41, 5.74) is -0.558. The molecule has 1 N–H and O–H groups in total. The average Bonchev–Trinajstić information content (AvgIpc) is 3.02. The molecule has 0 spiro atoms. The fraction of sp³-hybridized carbons (Fsp3) is 0.824. The number of methoxy groups -OCH3 is 1. The molecule has 0 aliphatic carbocycles. The van der Waals surface area contributed by atoms with Crippen LogP contribution in [0.3, 0.4) is 0 Å². The van der Waals surface area contributed by atoms with Crippen molar-refractivity contribution in [3.8, 4) is 0 Å². The van der Waals surface area contributed by atoms with Gasteiger partial charge in [0.15, 0.2) is 0 Å². The van der Waals surface area contributed by atoms with Crippen LogP contribution >= 0.6 is 0 Å². The fourth-order valence-electron chi connectivity index (χ4n) is 2.74. The van der Waals surface area contributed by atoms with Crippen LogP contribution in [0.4, 0.5) is 4.79 Å². The number of urea groups is 1. The quantitative estimate of drug-likeness (QED) is 0.862. The Balaban J connectivity index is 1.90.